The lowest BCUT2D eigenvalue weighted by molar-refractivity contribution is -0.122. The van der Waals surface area contributed by atoms with E-state index in [0.717, 1.165) is 36.8 Å². The highest BCUT2D eigenvalue weighted by molar-refractivity contribution is 6.13. The van der Waals surface area contributed by atoms with Gasteiger partial charge in [-0.3, -0.25) is 9.69 Å². The first-order valence-electron chi connectivity index (χ1n) is 8.99. The van der Waals surface area contributed by atoms with E-state index in [1.165, 1.54) is 24.9 Å². The fraction of sp³-hybridized carbons (Fsp3) is 0.381. The highest BCUT2D eigenvalue weighted by Gasteiger charge is 2.54. The van der Waals surface area contributed by atoms with Gasteiger partial charge in [-0.05, 0) is 55.5 Å². The van der Waals surface area contributed by atoms with E-state index in [1.54, 1.807) is 0 Å². The molecule has 2 aromatic rings. The van der Waals surface area contributed by atoms with Gasteiger partial charge >= 0.3 is 0 Å². The minimum atomic E-state index is -0.346. The van der Waals surface area contributed by atoms with Gasteiger partial charge in [0.1, 0.15) is 0 Å². The largest absolute Gasteiger partial charge is 0.302 e. The summed E-state index contributed by atoms with van der Waals surface area (Å²) in [4.78, 5) is 18.0. The van der Waals surface area contributed by atoms with E-state index in [2.05, 4.69) is 23.1 Å². The highest BCUT2D eigenvalue weighted by atomic mass is 16.2. The molecule has 3 nitrogen and oxygen atoms in total. The van der Waals surface area contributed by atoms with Gasteiger partial charge in [-0.1, -0.05) is 36.4 Å². The molecule has 2 heterocycles. The van der Waals surface area contributed by atoms with Crippen LogP contribution in [0, 0.1) is 5.92 Å². The monoisotopic (exact) mass is 318 g/mol. The van der Waals surface area contributed by atoms with Crippen molar-refractivity contribution in [2.24, 2.45) is 5.92 Å². The Hall–Kier alpha value is -2.13. The molecule has 1 unspecified atom stereocenters. The zero-order valence-electron chi connectivity index (χ0n) is 13.8. The summed E-state index contributed by atoms with van der Waals surface area (Å²) >= 11 is 0. The second-order valence-electron chi connectivity index (χ2n) is 7.50. The molecule has 122 valence electrons. The second kappa shape index (κ2) is 5.18. The Labute approximate surface area is 142 Å². The normalized spacial score (nSPS) is 26.3. The molecule has 1 saturated heterocycles. The van der Waals surface area contributed by atoms with E-state index in [0.29, 0.717) is 0 Å². The Balaban J connectivity index is 1.56. The van der Waals surface area contributed by atoms with Gasteiger partial charge in [0.05, 0.1) is 11.1 Å². The van der Waals surface area contributed by atoms with Gasteiger partial charge in [0.25, 0.3) is 0 Å². The van der Waals surface area contributed by atoms with Crippen molar-refractivity contribution in [2.45, 2.75) is 24.7 Å². The maximum absolute atomic E-state index is 13.5. The number of benzene rings is 2. The Bertz CT molecular complexity index is 783. The molecular weight excluding hydrogens is 296 g/mol. The number of hydrogen-bond acceptors (Lipinski definition) is 2. The van der Waals surface area contributed by atoms with E-state index in [9.17, 15) is 4.79 Å². The molecule has 2 aromatic carbocycles. The summed E-state index contributed by atoms with van der Waals surface area (Å²) < 4.78 is 0. The SMILES string of the molecule is O=C1N(c2ccccc2)c2ccccc2C12CCN(CC1CC1)C2. The average molecular weight is 318 g/mol. The van der Waals surface area contributed by atoms with Crippen molar-refractivity contribution >= 4 is 17.3 Å². The number of carbonyl (C=O) groups is 1. The van der Waals surface area contributed by atoms with Gasteiger partial charge in [-0.25, -0.2) is 0 Å². The minimum Gasteiger partial charge on any atom is -0.302 e. The Morgan fingerprint density at radius 2 is 1.75 bits per heavy atom. The van der Waals surface area contributed by atoms with E-state index >= 15 is 0 Å². The predicted octanol–water partition coefficient (Wildman–Crippen LogP) is 3.72. The average Bonchev–Trinajstić information content (AvgIpc) is 3.27. The summed E-state index contributed by atoms with van der Waals surface area (Å²) in [5.74, 6) is 1.13. The van der Waals surface area contributed by atoms with Gasteiger partial charge in [0, 0.05) is 18.8 Å². The van der Waals surface area contributed by atoms with Crippen LogP contribution >= 0.6 is 0 Å². The molecule has 3 heteroatoms. The first-order valence-corrected chi connectivity index (χ1v) is 8.99. The van der Waals surface area contributed by atoms with Gasteiger partial charge in [0.2, 0.25) is 5.91 Å². The Morgan fingerprint density at radius 3 is 2.54 bits per heavy atom. The van der Waals surface area contributed by atoms with Gasteiger partial charge in [-0.15, -0.1) is 0 Å². The molecule has 0 aromatic heterocycles. The molecule has 2 aliphatic heterocycles. The molecule has 1 aliphatic carbocycles. The quantitative estimate of drug-likeness (QED) is 0.861. The second-order valence-corrected chi connectivity index (χ2v) is 7.50. The summed E-state index contributed by atoms with van der Waals surface area (Å²) in [6, 6.07) is 18.4. The van der Waals surface area contributed by atoms with Gasteiger partial charge in [-0.2, -0.15) is 0 Å². The van der Waals surface area contributed by atoms with Crippen LogP contribution in [0.3, 0.4) is 0 Å². The van der Waals surface area contributed by atoms with Crippen LogP contribution in [-0.2, 0) is 10.2 Å². The molecule has 24 heavy (non-hydrogen) atoms. The van der Waals surface area contributed by atoms with E-state index in [4.69, 9.17) is 0 Å². The number of hydrogen-bond donors (Lipinski definition) is 0. The summed E-state index contributed by atoms with van der Waals surface area (Å²) in [7, 11) is 0. The summed E-state index contributed by atoms with van der Waals surface area (Å²) in [5, 5.41) is 0. The fourth-order valence-corrected chi connectivity index (χ4v) is 4.45. The minimum absolute atomic E-state index is 0.258. The first-order chi connectivity index (χ1) is 11.8. The van der Waals surface area contributed by atoms with Crippen LogP contribution < -0.4 is 4.90 Å². The summed E-state index contributed by atoms with van der Waals surface area (Å²) in [6.45, 7) is 3.09. The molecule has 0 N–H and O–H groups in total. The molecule has 1 saturated carbocycles. The molecular formula is C21H22N2O. The van der Waals surface area contributed by atoms with Crippen LogP contribution in [0.25, 0.3) is 0 Å². The fourth-order valence-electron chi connectivity index (χ4n) is 4.45. The number of para-hydroxylation sites is 2. The maximum atomic E-state index is 13.5. The lowest BCUT2D eigenvalue weighted by atomic mass is 9.81. The molecule has 1 spiro atoms. The van der Waals surface area contributed by atoms with Crippen LogP contribution in [-0.4, -0.2) is 30.4 Å². The summed E-state index contributed by atoms with van der Waals surface area (Å²) in [6.07, 6.45) is 3.67. The third-order valence-corrected chi connectivity index (χ3v) is 5.85. The number of carbonyl (C=O) groups excluding carboxylic acids is 1. The number of rotatable bonds is 3. The van der Waals surface area contributed by atoms with Crippen molar-refractivity contribution in [3.8, 4) is 0 Å². The number of fused-ring (bicyclic) bond motifs is 2. The van der Waals surface area contributed by atoms with Gasteiger partial charge in [0.15, 0.2) is 0 Å². The lowest BCUT2D eigenvalue weighted by Gasteiger charge is -2.24. The molecule has 2 fully saturated rings. The van der Waals surface area contributed by atoms with E-state index in [1.807, 2.05) is 41.3 Å². The molecule has 5 rings (SSSR count). The lowest BCUT2D eigenvalue weighted by Crippen LogP contribution is -2.41. The zero-order valence-corrected chi connectivity index (χ0v) is 13.8. The number of anilines is 2. The molecule has 3 aliphatic rings. The van der Waals surface area contributed by atoms with Crippen molar-refractivity contribution in [1.29, 1.82) is 0 Å². The number of nitrogens with zero attached hydrogens (tertiary/aromatic N) is 2. The first kappa shape index (κ1) is 14.2. The van der Waals surface area contributed by atoms with Crippen molar-refractivity contribution in [1.82, 2.24) is 4.90 Å². The Morgan fingerprint density at radius 1 is 1.00 bits per heavy atom. The molecule has 0 radical (unpaired) electrons. The topological polar surface area (TPSA) is 23.6 Å². The van der Waals surface area contributed by atoms with Crippen molar-refractivity contribution in [2.75, 3.05) is 24.5 Å². The van der Waals surface area contributed by atoms with Crippen LogP contribution in [0.4, 0.5) is 11.4 Å². The standard InChI is InChI=1S/C21H22N2O/c24-20-21(12-13-22(15-21)14-16-10-11-16)18-8-4-5-9-19(18)23(20)17-6-2-1-3-7-17/h1-9,16H,10-15H2. The van der Waals surface area contributed by atoms with Crippen LogP contribution in [0.2, 0.25) is 0 Å². The highest BCUT2D eigenvalue weighted by Crippen LogP contribution is 2.50. The predicted molar refractivity (Wildman–Crippen MR) is 95.5 cm³/mol. The molecule has 1 amide bonds. The molecule has 1 atom stereocenters. The number of amides is 1. The maximum Gasteiger partial charge on any atom is 0.243 e. The number of likely N-dealkylation sites (tertiary alicyclic amines) is 1. The van der Waals surface area contributed by atoms with Crippen LogP contribution in [0.15, 0.2) is 54.6 Å². The summed E-state index contributed by atoms with van der Waals surface area (Å²) in [5.41, 5.74) is 2.92. The van der Waals surface area contributed by atoms with Crippen LogP contribution in [0.5, 0.6) is 0 Å². The smallest absolute Gasteiger partial charge is 0.243 e. The van der Waals surface area contributed by atoms with E-state index < -0.39 is 0 Å². The van der Waals surface area contributed by atoms with Crippen molar-refractivity contribution in [3.63, 3.8) is 0 Å². The van der Waals surface area contributed by atoms with Crippen molar-refractivity contribution < 1.29 is 4.79 Å². The van der Waals surface area contributed by atoms with Crippen LogP contribution in [0.1, 0.15) is 24.8 Å². The van der Waals surface area contributed by atoms with Gasteiger partial charge < -0.3 is 4.90 Å². The third-order valence-electron chi connectivity index (χ3n) is 5.85. The van der Waals surface area contributed by atoms with E-state index in [-0.39, 0.29) is 11.3 Å². The Kier molecular flexibility index (Phi) is 3.07. The third kappa shape index (κ3) is 2.04. The molecule has 0 bridgehead atoms. The van der Waals surface area contributed by atoms with Crippen molar-refractivity contribution in [3.05, 3.63) is 60.2 Å². The zero-order chi connectivity index (χ0) is 16.1.